The topological polar surface area (TPSA) is 64.8 Å². The fraction of sp³-hybridized carbons (Fsp3) is 0. The molecule has 0 aliphatic heterocycles. The Bertz CT molecular complexity index is 2760. The Morgan fingerprint density at radius 1 is 0.431 bits per heavy atom. The highest BCUT2D eigenvalue weighted by atomic mass is 31.2. The highest BCUT2D eigenvalue weighted by Gasteiger charge is 2.34. The molecule has 0 saturated carbocycles. The summed E-state index contributed by atoms with van der Waals surface area (Å²) in [5.41, 5.74) is 4.00. The van der Waals surface area contributed by atoms with E-state index in [4.69, 9.17) is 9.97 Å². The number of hydrogen-bond donors (Lipinski definition) is 0. The Balaban J connectivity index is 1.21. The number of benzene rings is 7. The first kappa shape index (κ1) is 31.1. The average molecular weight is 696 g/mol. The lowest BCUT2D eigenvalue weighted by atomic mass is 10.1. The molecule has 5 nitrogen and oxygen atoms in total. The lowest BCUT2D eigenvalue weighted by Crippen LogP contribution is -2.29. The lowest BCUT2D eigenvalue weighted by Gasteiger charge is -2.20. The minimum absolute atomic E-state index is 0.312. The van der Waals surface area contributed by atoms with Crippen LogP contribution in [0.1, 0.15) is 0 Å². The van der Waals surface area contributed by atoms with Crippen LogP contribution in [0, 0.1) is 0 Å². The van der Waals surface area contributed by atoms with Crippen molar-refractivity contribution in [1.29, 1.82) is 0 Å². The van der Waals surface area contributed by atoms with E-state index in [2.05, 4.69) is 16.7 Å². The van der Waals surface area contributed by atoms with Crippen LogP contribution in [-0.2, 0) is 9.13 Å². The van der Waals surface area contributed by atoms with Crippen molar-refractivity contribution >= 4 is 79.1 Å². The van der Waals surface area contributed by atoms with Gasteiger partial charge in [-0.3, -0.25) is 0 Å². The number of nitrogens with zero attached hydrogens (tertiary/aromatic N) is 3. The number of rotatable bonds is 7. The summed E-state index contributed by atoms with van der Waals surface area (Å²) in [7, 11) is -6.59. The monoisotopic (exact) mass is 695 g/mol. The SMILES string of the molecule is O=P(c1ccccc1)(c1ccccc1)c1ccc(-n2c3ccccc3c3cc(P(=O)(c4ccccc4)c4ncc5ccccc5n4)ccc32)cc1. The van der Waals surface area contributed by atoms with Gasteiger partial charge in [-0.15, -0.1) is 0 Å². The van der Waals surface area contributed by atoms with Crippen LogP contribution in [0.5, 0.6) is 0 Å². The summed E-state index contributed by atoms with van der Waals surface area (Å²) in [6.07, 6.45) is 1.76. The number of aromatic nitrogens is 3. The van der Waals surface area contributed by atoms with Crippen LogP contribution in [0.25, 0.3) is 38.4 Å². The zero-order valence-electron chi connectivity index (χ0n) is 27.5. The molecule has 0 bridgehead atoms. The van der Waals surface area contributed by atoms with Crippen molar-refractivity contribution in [2.75, 3.05) is 0 Å². The van der Waals surface area contributed by atoms with Crippen molar-refractivity contribution in [1.82, 2.24) is 14.5 Å². The molecule has 9 aromatic rings. The molecule has 9 rings (SSSR count). The van der Waals surface area contributed by atoms with E-state index in [1.54, 1.807) is 6.20 Å². The van der Waals surface area contributed by atoms with Gasteiger partial charge in [-0.25, -0.2) is 9.97 Å². The predicted molar refractivity (Wildman–Crippen MR) is 213 cm³/mol. The van der Waals surface area contributed by atoms with Crippen LogP contribution >= 0.6 is 14.3 Å². The van der Waals surface area contributed by atoms with Gasteiger partial charge < -0.3 is 13.7 Å². The lowest BCUT2D eigenvalue weighted by molar-refractivity contribution is 0.591. The van der Waals surface area contributed by atoms with Crippen molar-refractivity contribution < 1.29 is 9.13 Å². The maximum atomic E-state index is 15.5. The summed E-state index contributed by atoms with van der Waals surface area (Å²) in [5.74, 6) is 0. The van der Waals surface area contributed by atoms with Gasteiger partial charge in [-0.2, -0.15) is 0 Å². The Labute approximate surface area is 295 Å². The quantitative estimate of drug-likeness (QED) is 0.159. The fourth-order valence-electron chi connectivity index (χ4n) is 7.10. The summed E-state index contributed by atoms with van der Waals surface area (Å²) in [6.45, 7) is 0. The maximum absolute atomic E-state index is 15.5. The van der Waals surface area contributed by atoms with E-state index in [9.17, 15) is 0 Å². The third-order valence-electron chi connectivity index (χ3n) is 9.61. The molecule has 0 aliphatic rings. The van der Waals surface area contributed by atoms with Crippen LogP contribution in [0.15, 0.2) is 188 Å². The molecule has 0 radical (unpaired) electrons. The smallest absolute Gasteiger partial charge is 0.206 e. The predicted octanol–water partition coefficient (Wildman–Crippen LogP) is 8.01. The molecule has 0 spiro atoms. The molecule has 2 aromatic heterocycles. The van der Waals surface area contributed by atoms with E-state index in [0.717, 1.165) is 54.3 Å². The molecule has 244 valence electrons. The maximum Gasteiger partial charge on any atom is 0.206 e. The Hall–Kier alpha value is -5.86. The number of hydrogen-bond acceptors (Lipinski definition) is 4. The van der Waals surface area contributed by atoms with Gasteiger partial charge in [0.05, 0.1) is 16.6 Å². The molecule has 0 fully saturated rings. The Morgan fingerprint density at radius 2 is 0.941 bits per heavy atom. The second-order valence-corrected chi connectivity index (χ2v) is 17.9. The molecule has 0 aliphatic carbocycles. The van der Waals surface area contributed by atoms with Crippen molar-refractivity contribution in [3.8, 4) is 5.69 Å². The number of para-hydroxylation sites is 2. The highest BCUT2D eigenvalue weighted by molar-refractivity contribution is 7.85. The molecule has 7 aromatic carbocycles. The molecule has 2 heterocycles. The first-order valence-corrected chi connectivity index (χ1v) is 20.2. The molecule has 0 amide bonds. The van der Waals surface area contributed by atoms with Gasteiger partial charge in [0, 0.05) is 54.6 Å². The fourth-order valence-corrected chi connectivity index (χ4v) is 12.2. The molecular formula is C44H31N3O2P2. The first-order valence-electron chi connectivity index (χ1n) is 16.8. The average Bonchev–Trinajstić information content (AvgIpc) is 3.55. The normalized spacial score (nSPS) is 13.0. The molecule has 7 heteroatoms. The third kappa shape index (κ3) is 5.09. The van der Waals surface area contributed by atoms with E-state index in [1.165, 1.54) is 0 Å². The third-order valence-corrected chi connectivity index (χ3v) is 15.5. The van der Waals surface area contributed by atoms with Gasteiger partial charge in [0.2, 0.25) is 7.14 Å². The summed E-state index contributed by atoms with van der Waals surface area (Å²) in [6, 6.07) is 59.2. The largest absolute Gasteiger partial charge is 0.309 e. The second-order valence-electron chi connectivity index (χ2n) is 12.5. The first-order chi connectivity index (χ1) is 25.0. The van der Waals surface area contributed by atoms with E-state index in [1.807, 2.05) is 170 Å². The van der Waals surface area contributed by atoms with Gasteiger partial charge in [0.15, 0.2) is 12.7 Å². The van der Waals surface area contributed by atoms with E-state index >= 15 is 9.13 Å². The minimum atomic E-state index is -3.47. The van der Waals surface area contributed by atoms with Crippen LogP contribution in [0.3, 0.4) is 0 Å². The minimum Gasteiger partial charge on any atom is -0.309 e. The van der Waals surface area contributed by atoms with Gasteiger partial charge >= 0.3 is 0 Å². The standard InChI is InChI=1S/C44H31N3O2P2/c48-50(34-15-4-1-5-16-34,35-17-6-2-7-18-35)37-26-24-33(25-27-37)47-42-23-13-11-21-39(42)40-30-38(28-29-43(40)47)51(49,36-19-8-3-9-20-36)44-45-31-32-14-10-12-22-41(32)46-44/h1-31H. The van der Waals surface area contributed by atoms with Crippen LogP contribution in [0.4, 0.5) is 0 Å². The van der Waals surface area contributed by atoms with Gasteiger partial charge in [-0.1, -0.05) is 127 Å². The second kappa shape index (κ2) is 12.5. The van der Waals surface area contributed by atoms with E-state index in [-0.39, 0.29) is 0 Å². The summed E-state index contributed by atoms with van der Waals surface area (Å²) in [4.78, 5) is 9.56. The zero-order valence-corrected chi connectivity index (χ0v) is 29.2. The molecule has 1 unspecified atom stereocenters. The van der Waals surface area contributed by atoms with Gasteiger partial charge in [0.1, 0.15) is 0 Å². The molecule has 0 N–H and O–H groups in total. The van der Waals surface area contributed by atoms with Crippen molar-refractivity contribution in [2.24, 2.45) is 0 Å². The Morgan fingerprint density at radius 3 is 1.61 bits per heavy atom. The zero-order chi connectivity index (χ0) is 34.4. The van der Waals surface area contributed by atoms with E-state index in [0.29, 0.717) is 16.2 Å². The van der Waals surface area contributed by atoms with Crippen LogP contribution < -0.4 is 32.1 Å². The summed E-state index contributed by atoms with van der Waals surface area (Å²) in [5, 5.41) is 6.63. The van der Waals surface area contributed by atoms with Gasteiger partial charge in [-0.05, 0) is 54.6 Å². The summed E-state index contributed by atoms with van der Waals surface area (Å²) < 4.78 is 32.8. The summed E-state index contributed by atoms with van der Waals surface area (Å²) >= 11 is 0. The van der Waals surface area contributed by atoms with Gasteiger partial charge in [0.25, 0.3) is 0 Å². The highest BCUT2D eigenvalue weighted by Crippen LogP contribution is 2.44. The van der Waals surface area contributed by atoms with Crippen molar-refractivity contribution in [3.63, 3.8) is 0 Å². The molecule has 1 atom stereocenters. The van der Waals surface area contributed by atoms with Crippen LogP contribution in [0.2, 0.25) is 0 Å². The molecular weight excluding hydrogens is 664 g/mol. The number of fused-ring (bicyclic) bond motifs is 4. The van der Waals surface area contributed by atoms with E-state index < -0.39 is 14.3 Å². The van der Waals surface area contributed by atoms with Crippen LogP contribution in [-0.4, -0.2) is 14.5 Å². The van der Waals surface area contributed by atoms with Crippen molar-refractivity contribution in [2.45, 2.75) is 0 Å². The van der Waals surface area contributed by atoms with Crippen molar-refractivity contribution in [3.05, 3.63) is 188 Å². The molecule has 51 heavy (non-hydrogen) atoms. The Kier molecular flexibility index (Phi) is 7.62. The molecule has 0 saturated heterocycles.